The zero-order valence-electron chi connectivity index (χ0n) is 12.7. The molecule has 0 saturated carbocycles. The Kier molecular flexibility index (Phi) is 3.76. The maximum Gasteiger partial charge on any atom is 0.253 e. The van der Waals surface area contributed by atoms with Crippen molar-refractivity contribution in [2.75, 3.05) is 30.3 Å². The van der Waals surface area contributed by atoms with Crippen molar-refractivity contribution < 1.29 is 9.53 Å². The van der Waals surface area contributed by atoms with Gasteiger partial charge in [0.1, 0.15) is 0 Å². The van der Waals surface area contributed by atoms with Crippen molar-refractivity contribution in [3.05, 3.63) is 23.8 Å². The fourth-order valence-corrected chi connectivity index (χ4v) is 3.08. The molecule has 0 spiro atoms. The first-order valence-electron chi connectivity index (χ1n) is 7.61. The Morgan fingerprint density at radius 2 is 2.14 bits per heavy atom. The van der Waals surface area contributed by atoms with Crippen molar-refractivity contribution in [2.45, 2.75) is 38.3 Å². The number of hydrogen-bond donors (Lipinski definition) is 3. The molecule has 0 bridgehead atoms. The van der Waals surface area contributed by atoms with Gasteiger partial charge in [-0.3, -0.25) is 4.79 Å². The van der Waals surface area contributed by atoms with Gasteiger partial charge in [0, 0.05) is 25.7 Å². The normalized spacial score (nSPS) is 23.4. The van der Waals surface area contributed by atoms with E-state index in [0.717, 1.165) is 37.3 Å². The van der Waals surface area contributed by atoms with Crippen LogP contribution in [0.3, 0.4) is 0 Å². The lowest BCUT2D eigenvalue weighted by molar-refractivity contribution is -0.0615. The Balaban J connectivity index is 1.74. The molecule has 1 amide bonds. The van der Waals surface area contributed by atoms with Gasteiger partial charge < -0.3 is 20.7 Å². The summed E-state index contributed by atoms with van der Waals surface area (Å²) in [6.07, 6.45) is 1.72. The number of rotatable bonds is 2. The van der Waals surface area contributed by atoms with Crippen LogP contribution in [-0.4, -0.2) is 37.2 Å². The third-order valence-electron chi connectivity index (χ3n) is 4.08. The second-order valence-electron chi connectivity index (χ2n) is 6.35. The quantitative estimate of drug-likeness (QED) is 0.781. The summed E-state index contributed by atoms with van der Waals surface area (Å²) < 4.78 is 5.70. The third-order valence-corrected chi connectivity index (χ3v) is 4.08. The van der Waals surface area contributed by atoms with E-state index < -0.39 is 0 Å². The molecular formula is C16H23N3O2. The minimum Gasteiger partial charge on any atom is -0.382 e. The van der Waals surface area contributed by atoms with Crippen LogP contribution >= 0.6 is 0 Å². The lowest BCUT2D eigenvalue weighted by atomic mass is 9.93. The van der Waals surface area contributed by atoms with Gasteiger partial charge in [-0.15, -0.1) is 0 Å². The molecule has 1 atom stereocenters. The molecule has 2 aliphatic rings. The Labute approximate surface area is 125 Å². The van der Waals surface area contributed by atoms with Gasteiger partial charge in [-0.2, -0.15) is 0 Å². The van der Waals surface area contributed by atoms with E-state index in [2.05, 4.69) is 29.8 Å². The van der Waals surface area contributed by atoms with Crippen LogP contribution in [0.4, 0.5) is 11.4 Å². The summed E-state index contributed by atoms with van der Waals surface area (Å²) in [6.45, 7) is 6.56. The molecule has 5 heteroatoms. The average Bonchev–Trinajstić information content (AvgIpc) is 2.45. The molecule has 1 unspecified atom stereocenters. The zero-order chi connectivity index (χ0) is 14.9. The molecule has 0 aromatic heterocycles. The highest BCUT2D eigenvalue weighted by molar-refractivity contribution is 6.02. The standard InChI is InChI=1S/C16H23N3O2/c1-16(2)10-11(6-9-21-16)19-15(20)12-4-3-5-13-14(12)18-8-7-17-13/h3-5,11,17-18H,6-10H2,1-2H3,(H,19,20). The first-order chi connectivity index (χ1) is 10.1. The second kappa shape index (κ2) is 5.56. The van der Waals surface area contributed by atoms with Gasteiger partial charge >= 0.3 is 0 Å². The van der Waals surface area contributed by atoms with E-state index in [0.29, 0.717) is 12.2 Å². The predicted molar refractivity (Wildman–Crippen MR) is 83.9 cm³/mol. The van der Waals surface area contributed by atoms with Crippen molar-refractivity contribution >= 4 is 17.3 Å². The van der Waals surface area contributed by atoms with E-state index in [1.807, 2.05) is 18.2 Å². The van der Waals surface area contributed by atoms with E-state index in [9.17, 15) is 4.79 Å². The summed E-state index contributed by atoms with van der Waals surface area (Å²) in [6, 6.07) is 5.96. The number of anilines is 2. The second-order valence-corrected chi connectivity index (χ2v) is 6.35. The van der Waals surface area contributed by atoms with Crippen molar-refractivity contribution in [2.24, 2.45) is 0 Å². The van der Waals surface area contributed by atoms with Gasteiger partial charge in [0.2, 0.25) is 0 Å². The Morgan fingerprint density at radius 3 is 2.95 bits per heavy atom. The van der Waals surface area contributed by atoms with E-state index in [-0.39, 0.29) is 17.6 Å². The average molecular weight is 289 g/mol. The molecule has 2 heterocycles. The van der Waals surface area contributed by atoms with Gasteiger partial charge in [-0.25, -0.2) is 0 Å². The molecule has 0 aliphatic carbocycles. The summed E-state index contributed by atoms with van der Waals surface area (Å²) in [5, 5.41) is 9.78. The Bertz CT molecular complexity index is 542. The lowest BCUT2D eigenvalue weighted by Gasteiger charge is -2.36. The van der Waals surface area contributed by atoms with Gasteiger partial charge in [0.25, 0.3) is 5.91 Å². The molecule has 1 saturated heterocycles. The first kappa shape index (κ1) is 14.2. The summed E-state index contributed by atoms with van der Waals surface area (Å²) in [4.78, 5) is 12.6. The van der Waals surface area contributed by atoms with Crippen LogP contribution in [0.15, 0.2) is 18.2 Å². The number of nitrogens with one attached hydrogen (secondary N) is 3. The van der Waals surface area contributed by atoms with Crippen LogP contribution in [0.1, 0.15) is 37.0 Å². The number of amides is 1. The maximum atomic E-state index is 12.6. The molecule has 114 valence electrons. The first-order valence-corrected chi connectivity index (χ1v) is 7.61. The zero-order valence-corrected chi connectivity index (χ0v) is 12.7. The number of benzene rings is 1. The maximum absolute atomic E-state index is 12.6. The molecule has 21 heavy (non-hydrogen) atoms. The van der Waals surface area contributed by atoms with Gasteiger partial charge in [0.05, 0.1) is 22.5 Å². The number of para-hydroxylation sites is 1. The van der Waals surface area contributed by atoms with Crippen LogP contribution < -0.4 is 16.0 Å². The van der Waals surface area contributed by atoms with Crippen molar-refractivity contribution in [1.29, 1.82) is 0 Å². The van der Waals surface area contributed by atoms with E-state index in [1.54, 1.807) is 0 Å². The van der Waals surface area contributed by atoms with E-state index in [4.69, 9.17) is 4.74 Å². The highest BCUT2D eigenvalue weighted by Crippen LogP contribution is 2.29. The van der Waals surface area contributed by atoms with Gasteiger partial charge in [-0.05, 0) is 38.8 Å². The Hall–Kier alpha value is -1.75. The molecule has 2 aliphatic heterocycles. The monoisotopic (exact) mass is 289 g/mol. The third kappa shape index (κ3) is 3.13. The molecule has 0 radical (unpaired) electrons. The summed E-state index contributed by atoms with van der Waals surface area (Å²) in [7, 11) is 0. The molecule has 1 fully saturated rings. The summed E-state index contributed by atoms with van der Waals surface area (Å²) in [5.74, 6) is -0.00856. The number of hydrogen-bond acceptors (Lipinski definition) is 4. The molecule has 1 aromatic rings. The molecular weight excluding hydrogens is 266 g/mol. The van der Waals surface area contributed by atoms with Crippen molar-refractivity contribution in [1.82, 2.24) is 5.32 Å². The fraction of sp³-hybridized carbons (Fsp3) is 0.562. The van der Waals surface area contributed by atoms with Crippen molar-refractivity contribution in [3.63, 3.8) is 0 Å². The highest BCUT2D eigenvalue weighted by atomic mass is 16.5. The number of carbonyl (C=O) groups excluding carboxylic acids is 1. The summed E-state index contributed by atoms with van der Waals surface area (Å²) >= 11 is 0. The highest BCUT2D eigenvalue weighted by Gasteiger charge is 2.30. The van der Waals surface area contributed by atoms with E-state index in [1.165, 1.54) is 0 Å². The molecule has 5 nitrogen and oxygen atoms in total. The molecule has 1 aromatic carbocycles. The van der Waals surface area contributed by atoms with Crippen LogP contribution in [0.25, 0.3) is 0 Å². The lowest BCUT2D eigenvalue weighted by Crippen LogP contribution is -2.46. The van der Waals surface area contributed by atoms with Gasteiger partial charge in [0.15, 0.2) is 0 Å². The van der Waals surface area contributed by atoms with Crippen LogP contribution in [0, 0.1) is 0 Å². The number of fused-ring (bicyclic) bond motifs is 1. The van der Waals surface area contributed by atoms with Crippen LogP contribution in [-0.2, 0) is 4.74 Å². The topological polar surface area (TPSA) is 62.4 Å². The minimum absolute atomic E-state index is 0.00856. The largest absolute Gasteiger partial charge is 0.382 e. The predicted octanol–water partition coefficient (Wildman–Crippen LogP) is 2.21. The number of ether oxygens (including phenoxy) is 1. The van der Waals surface area contributed by atoms with Crippen LogP contribution in [0.5, 0.6) is 0 Å². The smallest absolute Gasteiger partial charge is 0.253 e. The number of carbonyl (C=O) groups is 1. The molecule has 3 N–H and O–H groups in total. The molecule has 3 rings (SSSR count). The Morgan fingerprint density at radius 1 is 1.33 bits per heavy atom. The van der Waals surface area contributed by atoms with Gasteiger partial charge in [-0.1, -0.05) is 6.07 Å². The fourth-order valence-electron chi connectivity index (χ4n) is 3.08. The van der Waals surface area contributed by atoms with E-state index >= 15 is 0 Å². The van der Waals surface area contributed by atoms with Crippen LogP contribution in [0.2, 0.25) is 0 Å². The van der Waals surface area contributed by atoms with Crippen molar-refractivity contribution in [3.8, 4) is 0 Å². The SMILES string of the molecule is CC1(C)CC(NC(=O)c2cccc3c2NCCN3)CCO1. The summed E-state index contributed by atoms with van der Waals surface area (Å²) in [5.41, 5.74) is 2.46. The minimum atomic E-state index is -0.161.